The number of rotatable bonds is 16. The van der Waals surface area contributed by atoms with Crippen LogP contribution in [0.1, 0.15) is 37.8 Å². The Morgan fingerprint density at radius 2 is 1.56 bits per heavy atom. The lowest BCUT2D eigenvalue weighted by Gasteiger charge is -2.26. The van der Waals surface area contributed by atoms with Gasteiger partial charge in [-0.1, -0.05) is 50.6 Å². The fourth-order valence-corrected chi connectivity index (χ4v) is 5.16. The van der Waals surface area contributed by atoms with Crippen LogP contribution in [0.15, 0.2) is 54.7 Å². The van der Waals surface area contributed by atoms with E-state index in [1.54, 1.807) is 37.0 Å². The molecule has 12 heteroatoms. The van der Waals surface area contributed by atoms with Crippen molar-refractivity contribution in [3.63, 3.8) is 0 Å². The van der Waals surface area contributed by atoms with Crippen molar-refractivity contribution in [1.29, 1.82) is 0 Å². The molecule has 0 saturated carbocycles. The molecule has 0 fully saturated rings. The van der Waals surface area contributed by atoms with E-state index in [1.807, 2.05) is 37.4 Å². The number of aromatic amines is 1. The van der Waals surface area contributed by atoms with Crippen LogP contribution < -0.4 is 21.7 Å². The smallest absolute Gasteiger partial charge is 0.326 e. The fourth-order valence-electron chi connectivity index (χ4n) is 4.67. The zero-order chi connectivity index (χ0) is 31.5. The number of phenols is 1. The average Bonchev–Trinajstić information content (AvgIpc) is 3.40. The van der Waals surface area contributed by atoms with Crippen molar-refractivity contribution < 1.29 is 29.4 Å². The lowest BCUT2D eigenvalue weighted by Crippen LogP contribution is -2.58. The van der Waals surface area contributed by atoms with Crippen LogP contribution in [0.2, 0.25) is 0 Å². The van der Waals surface area contributed by atoms with E-state index in [4.69, 9.17) is 5.73 Å². The molecule has 0 aliphatic rings. The number of carbonyl (C=O) groups is 4. The number of nitrogens with two attached hydrogens (primary N) is 1. The number of aliphatic carboxylic acids is 1. The van der Waals surface area contributed by atoms with Gasteiger partial charge in [-0.25, -0.2) is 4.79 Å². The highest BCUT2D eigenvalue weighted by Crippen LogP contribution is 2.20. The molecule has 8 N–H and O–H groups in total. The molecule has 3 amide bonds. The van der Waals surface area contributed by atoms with E-state index < -0.39 is 47.9 Å². The second kappa shape index (κ2) is 16.0. The Balaban J connectivity index is 1.91. The van der Waals surface area contributed by atoms with E-state index in [1.165, 1.54) is 12.1 Å². The standard InChI is InChI=1S/C31H41N5O6S/c1-4-18(2)27(31(41)42)36-30(40)26(16-20-17-33-24-8-6-5-7-22(20)24)35-29(39)25(15-19-9-11-21(37)12-10-19)34-28(38)23(32)13-14-43-3/h5-12,17-18,23,25-27,33,37H,4,13-16,32H2,1-3H3,(H,34,38)(H,35,39)(H,36,40)(H,41,42). The van der Waals surface area contributed by atoms with E-state index in [0.717, 1.165) is 16.5 Å². The number of amides is 3. The molecule has 3 aromatic rings. The number of H-pyrrole nitrogens is 1. The number of nitrogens with one attached hydrogen (secondary N) is 4. The number of para-hydroxylation sites is 1. The van der Waals surface area contributed by atoms with E-state index in [-0.39, 0.29) is 24.5 Å². The second-order valence-electron chi connectivity index (χ2n) is 10.7. The molecule has 0 spiro atoms. The van der Waals surface area contributed by atoms with Crippen LogP contribution in [0.5, 0.6) is 5.75 Å². The highest BCUT2D eigenvalue weighted by Gasteiger charge is 2.32. The van der Waals surface area contributed by atoms with Crippen LogP contribution >= 0.6 is 11.8 Å². The number of benzene rings is 2. The lowest BCUT2D eigenvalue weighted by molar-refractivity contribution is -0.143. The predicted molar refractivity (Wildman–Crippen MR) is 168 cm³/mol. The molecule has 2 aromatic carbocycles. The Morgan fingerprint density at radius 1 is 0.930 bits per heavy atom. The van der Waals surface area contributed by atoms with Crippen molar-refractivity contribution >= 4 is 46.4 Å². The first-order valence-corrected chi connectivity index (χ1v) is 15.6. The zero-order valence-electron chi connectivity index (χ0n) is 24.6. The molecule has 0 aliphatic carbocycles. The van der Waals surface area contributed by atoms with Gasteiger partial charge in [-0.15, -0.1) is 0 Å². The first-order valence-electron chi connectivity index (χ1n) is 14.2. The Morgan fingerprint density at radius 3 is 2.21 bits per heavy atom. The summed E-state index contributed by atoms with van der Waals surface area (Å²) >= 11 is 1.55. The first-order chi connectivity index (χ1) is 20.5. The maximum atomic E-state index is 13.8. The molecule has 0 radical (unpaired) electrons. The third-order valence-corrected chi connectivity index (χ3v) is 8.13. The van der Waals surface area contributed by atoms with Crippen LogP contribution in [-0.4, -0.2) is 75.1 Å². The molecule has 0 saturated heterocycles. The third-order valence-electron chi connectivity index (χ3n) is 7.49. The summed E-state index contributed by atoms with van der Waals surface area (Å²) in [6.45, 7) is 3.56. The Kier molecular flexibility index (Phi) is 12.4. The molecular formula is C31H41N5O6S. The number of thioether (sulfide) groups is 1. The summed E-state index contributed by atoms with van der Waals surface area (Å²) in [4.78, 5) is 55.5. The normalized spacial score (nSPS) is 14.7. The number of phenolic OH excluding ortho intramolecular Hbond substituents is 1. The average molecular weight is 612 g/mol. The lowest BCUT2D eigenvalue weighted by atomic mass is 9.97. The van der Waals surface area contributed by atoms with Gasteiger partial charge in [-0.3, -0.25) is 14.4 Å². The SMILES string of the molecule is CCC(C)C(NC(=O)C(Cc1c[nH]c2ccccc12)NC(=O)C(Cc1ccc(O)cc1)NC(=O)C(N)CCSC)C(=O)O. The third kappa shape index (κ3) is 9.48. The van der Waals surface area contributed by atoms with Gasteiger partial charge in [0.25, 0.3) is 0 Å². The summed E-state index contributed by atoms with van der Waals surface area (Å²) in [5.74, 6) is -2.60. The van der Waals surface area contributed by atoms with Gasteiger partial charge in [0.05, 0.1) is 6.04 Å². The maximum absolute atomic E-state index is 13.8. The molecule has 1 heterocycles. The molecule has 5 unspecified atom stereocenters. The molecule has 43 heavy (non-hydrogen) atoms. The fraction of sp³-hybridized carbons (Fsp3) is 0.419. The quantitative estimate of drug-likeness (QED) is 0.129. The minimum Gasteiger partial charge on any atom is -0.508 e. The van der Waals surface area contributed by atoms with Crippen molar-refractivity contribution in [2.45, 2.75) is 63.7 Å². The van der Waals surface area contributed by atoms with Crippen molar-refractivity contribution in [2.24, 2.45) is 11.7 Å². The molecule has 1 aromatic heterocycles. The van der Waals surface area contributed by atoms with Crippen LogP contribution in [0.25, 0.3) is 10.9 Å². The summed E-state index contributed by atoms with van der Waals surface area (Å²) in [7, 11) is 0. The monoisotopic (exact) mass is 611 g/mol. The van der Waals surface area contributed by atoms with Crippen LogP contribution in [0.4, 0.5) is 0 Å². The Labute approximate surface area is 255 Å². The molecular weight excluding hydrogens is 570 g/mol. The number of carbonyl (C=O) groups excluding carboxylic acids is 3. The minimum absolute atomic E-state index is 0.0534. The number of carboxylic acids is 1. The van der Waals surface area contributed by atoms with Gasteiger partial charge in [-0.2, -0.15) is 11.8 Å². The first kappa shape index (κ1) is 33.5. The summed E-state index contributed by atoms with van der Waals surface area (Å²) in [6.07, 6.45) is 4.73. The molecule has 0 aliphatic heterocycles. The zero-order valence-corrected chi connectivity index (χ0v) is 25.4. The number of hydrogen-bond acceptors (Lipinski definition) is 7. The second-order valence-corrected chi connectivity index (χ2v) is 11.6. The highest BCUT2D eigenvalue weighted by atomic mass is 32.2. The van der Waals surface area contributed by atoms with Crippen molar-refractivity contribution in [3.8, 4) is 5.75 Å². The van der Waals surface area contributed by atoms with Crippen LogP contribution in [-0.2, 0) is 32.0 Å². The van der Waals surface area contributed by atoms with Crippen molar-refractivity contribution in [1.82, 2.24) is 20.9 Å². The topological polar surface area (TPSA) is 187 Å². The highest BCUT2D eigenvalue weighted by molar-refractivity contribution is 7.98. The summed E-state index contributed by atoms with van der Waals surface area (Å²) in [5.41, 5.74) is 8.34. The summed E-state index contributed by atoms with van der Waals surface area (Å²) in [6, 6.07) is 9.50. The maximum Gasteiger partial charge on any atom is 0.326 e. The molecule has 3 rings (SSSR count). The van der Waals surface area contributed by atoms with E-state index in [2.05, 4.69) is 20.9 Å². The number of fused-ring (bicyclic) bond motifs is 1. The van der Waals surface area contributed by atoms with E-state index >= 15 is 0 Å². The van der Waals surface area contributed by atoms with Gasteiger partial charge >= 0.3 is 5.97 Å². The Bertz CT molecular complexity index is 1390. The van der Waals surface area contributed by atoms with Gasteiger partial charge in [0.1, 0.15) is 23.9 Å². The minimum atomic E-state index is -1.17. The molecule has 11 nitrogen and oxygen atoms in total. The molecule has 232 valence electrons. The number of carboxylic acid groups (broad SMARTS) is 1. The van der Waals surface area contributed by atoms with Gasteiger partial charge < -0.3 is 36.9 Å². The molecule has 5 atom stereocenters. The van der Waals surface area contributed by atoms with Crippen LogP contribution in [0, 0.1) is 5.92 Å². The molecule has 0 bridgehead atoms. The van der Waals surface area contributed by atoms with Crippen molar-refractivity contribution in [3.05, 3.63) is 65.9 Å². The predicted octanol–water partition coefficient (Wildman–Crippen LogP) is 2.32. The largest absolute Gasteiger partial charge is 0.508 e. The summed E-state index contributed by atoms with van der Waals surface area (Å²) < 4.78 is 0. The van der Waals surface area contributed by atoms with Crippen LogP contribution in [0.3, 0.4) is 0 Å². The number of hydrogen-bond donors (Lipinski definition) is 7. The van der Waals surface area contributed by atoms with Gasteiger partial charge in [0, 0.05) is 29.9 Å². The van der Waals surface area contributed by atoms with E-state index in [9.17, 15) is 29.4 Å². The van der Waals surface area contributed by atoms with Gasteiger partial charge in [0.15, 0.2) is 0 Å². The number of aromatic nitrogens is 1. The van der Waals surface area contributed by atoms with Crippen molar-refractivity contribution in [2.75, 3.05) is 12.0 Å². The van der Waals surface area contributed by atoms with Gasteiger partial charge in [0.2, 0.25) is 17.7 Å². The summed E-state index contributed by atoms with van der Waals surface area (Å²) in [5, 5.41) is 28.4. The number of aromatic hydroxyl groups is 1. The van der Waals surface area contributed by atoms with E-state index in [0.29, 0.717) is 24.2 Å². The van der Waals surface area contributed by atoms with Gasteiger partial charge in [-0.05, 0) is 53.7 Å². The Hall–Kier alpha value is -4.03.